The first-order valence-corrected chi connectivity index (χ1v) is 9.15. The Balaban J connectivity index is 1.80. The van der Waals surface area contributed by atoms with Crippen LogP contribution in [0.1, 0.15) is 58.3 Å². The standard InChI is InChI=1S/C21H26O2/c1-3-20-11-9-15(22)13-14(20)5-6-16-17-7-8-19(23)21(17,4-2)12-10-18(16)20/h1,5,10,16-17,19,23H,4,6-9,11-13H2,2H3/t16-,17-,19-,20-,21-/m0/s1. The highest BCUT2D eigenvalue weighted by atomic mass is 16.3. The monoisotopic (exact) mass is 310 g/mol. The lowest BCUT2D eigenvalue weighted by Crippen LogP contribution is -2.46. The van der Waals surface area contributed by atoms with E-state index in [0.29, 0.717) is 30.5 Å². The van der Waals surface area contributed by atoms with Crippen LogP contribution in [0.25, 0.3) is 0 Å². The molecule has 0 radical (unpaired) electrons. The molecule has 5 atom stereocenters. The van der Waals surface area contributed by atoms with Gasteiger partial charge in [-0.1, -0.05) is 25.0 Å². The van der Waals surface area contributed by atoms with E-state index in [0.717, 1.165) is 38.5 Å². The molecule has 0 aromatic rings. The van der Waals surface area contributed by atoms with Gasteiger partial charge in [-0.2, -0.15) is 0 Å². The highest BCUT2D eigenvalue weighted by molar-refractivity contribution is 5.84. The number of carbonyl (C=O) groups is 1. The first-order valence-electron chi connectivity index (χ1n) is 9.15. The SMILES string of the molecule is C#C[C@]12CCC(=O)CC1=CC[C@@H]1C2=CC[C@]2(CC)[C@@H](O)CC[C@@H]12. The van der Waals surface area contributed by atoms with Gasteiger partial charge in [0.25, 0.3) is 0 Å². The number of ketones is 1. The van der Waals surface area contributed by atoms with Crippen LogP contribution in [0.4, 0.5) is 0 Å². The van der Waals surface area contributed by atoms with E-state index in [-0.39, 0.29) is 16.9 Å². The summed E-state index contributed by atoms with van der Waals surface area (Å²) in [5, 5.41) is 10.6. The number of hydrogen-bond donors (Lipinski definition) is 1. The van der Waals surface area contributed by atoms with Gasteiger partial charge < -0.3 is 5.11 Å². The van der Waals surface area contributed by atoms with Crippen LogP contribution in [0.2, 0.25) is 0 Å². The highest BCUT2D eigenvalue weighted by Crippen LogP contribution is 2.63. The number of Topliss-reactive ketones (excluding diaryl/α,β-unsaturated/α-hetero) is 1. The largest absolute Gasteiger partial charge is 0.393 e. The van der Waals surface area contributed by atoms with Crippen LogP contribution in [0.5, 0.6) is 0 Å². The fraction of sp³-hybridized carbons (Fsp3) is 0.667. The second-order valence-corrected chi connectivity index (χ2v) is 7.99. The Hall–Kier alpha value is -1.33. The minimum absolute atomic E-state index is 0.0553. The quantitative estimate of drug-likeness (QED) is 0.591. The van der Waals surface area contributed by atoms with Gasteiger partial charge in [-0.25, -0.2) is 0 Å². The van der Waals surface area contributed by atoms with E-state index in [4.69, 9.17) is 6.42 Å². The lowest BCUT2D eigenvalue weighted by Gasteiger charge is -2.52. The van der Waals surface area contributed by atoms with E-state index in [1.165, 1.54) is 11.1 Å². The second kappa shape index (κ2) is 5.08. The number of allylic oxidation sites excluding steroid dienone is 4. The van der Waals surface area contributed by atoms with E-state index >= 15 is 0 Å². The minimum atomic E-state index is -0.301. The van der Waals surface area contributed by atoms with Gasteiger partial charge in [-0.3, -0.25) is 4.79 Å². The van der Waals surface area contributed by atoms with Gasteiger partial charge in [-0.15, -0.1) is 6.42 Å². The average Bonchev–Trinajstić information content (AvgIpc) is 2.92. The molecule has 2 saturated carbocycles. The van der Waals surface area contributed by atoms with E-state index in [9.17, 15) is 9.90 Å². The molecule has 2 heteroatoms. The fourth-order valence-electron chi connectivity index (χ4n) is 6.17. The van der Waals surface area contributed by atoms with Crippen molar-refractivity contribution in [2.45, 2.75) is 64.4 Å². The molecule has 4 aliphatic carbocycles. The summed E-state index contributed by atoms with van der Waals surface area (Å²) in [5.74, 6) is 4.45. The van der Waals surface area contributed by atoms with Crippen LogP contribution >= 0.6 is 0 Å². The molecular formula is C21H26O2. The van der Waals surface area contributed by atoms with Crippen LogP contribution in [-0.2, 0) is 4.79 Å². The zero-order valence-electron chi connectivity index (χ0n) is 14.0. The molecule has 0 bridgehead atoms. The third-order valence-corrected chi connectivity index (χ3v) is 7.47. The highest BCUT2D eigenvalue weighted by Gasteiger charge is 2.57. The topological polar surface area (TPSA) is 37.3 Å². The van der Waals surface area contributed by atoms with Gasteiger partial charge in [0, 0.05) is 18.3 Å². The number of terminal acetylenes is 1. The van der Waals surface area contributed by atoms with Crippen molar-refractivity contribution in [1.82, 2.24) is 0 Å². The number of carbonyl (C=O) groups excluding carboxylic acids is 1. The van der Waals surface area contributed by atoms with Gasteiger partial charge in [0.1, 0.15) is 5.78 Å². The Bertz CT molecular complexity index is 649. The molecule has 0 aliphatic heterocycles. The number of aliphatic hydroxyl groups excluding tert-OH is 1. The molecule has 0 unspecified atom stereocenters. The van der Waals surface area contributed by atoms with Gasteiger partial charge in [-0.05, 0) is 61.5 Å². The molecule has 0 amide bonds. The van der Waals surface area contributed by atoms with Gasteiger partial charge >= 0.3 is 0 Å². The smallest absolute Gasteiger partial charge is 0.137 e. The van der Waals surface area contributed by atoms with Crippen molar-refractivity contribution in [3.8, 4) is 12.3 Å². The Morgan fingerprint density at radius 1 is 1.39 bits per heavy atom. The molecule has 23 heavy (non-hydrogen) atoms. The zero-order valence-corrected chi connectivity index (χ0v) is 14.0. The van der Waals surface area contributed by atoms with Crippen LogP contribution in [0.3, 0.4) is 0 Å². The lowest BCUT2D eigenvalue weighted by atomic mass is 9.51. The second-order valence-electron chi connectivity index (χ2n) is 7.99. The maximum absolute atomic E-state index is 11.9. The summed E-state index contributed by atoms with van der Waals surface area (Å²) in [5.41, 5.74) is 2.35. The summed E-state index contributed by atoms with van der Waals surface area (Å²) in [6.07, 6.45) is 17.5. The fourth-order valence-corrected chi connectivity index (χ4v) is 6.17. The predicted molar refractivity (Wildman–Crippen MR) is 90.5 cm³/mol. The van der Waals surface area contributed by atoms with E-state index < -0.39 is 0 Å². The first-order chi connectivity index (χ1) is 11.1. The van der Waals surface area contributed by atoms with Crippen molar-refractivity contribution < 1.29 is 9.90 Å². The van der Waals surface area contributed by atoms with E-state index in [1.54, 1.807) is 0 Å². The van der Waals surface area contributed by atoms with Crippen molar-refractivity contribution in [2.75, 3.05) is 0 Å². The van der Waals surface area contributed by atoms with Crippen LogP contribution in [0, 0.1) is 35.0 Å². The van der Waals surface area contributed by atoms with E-state index in [1.807, 2.05) is 0 Å². The van der Waals surface area contributed by atoms with Crippen molar-refractivity contribution in [3.63, 3.8) is 0 Å². The zero-order chi connectivity index (χ0) is 16.2. The summed E-state index contributed by atoms with van der Waals surface area (Å²) in [7, 11) is 0. The van der Waals surface area contributed by atoms with Gasteiger partial charge in [0.05, 0.1) is 11.5 Å². The van der Waals surface area contributed by atoms with Crippen molar-refractivity contribution in [3.05, 3.63) is 23.3 Å². The van der Waals surface area contributed by atoms with Crippen molar-refractivity contribution in [2.24, 2.45) is 22.7 Å². The summed E-state index contributed by atoms with van der Waals surface area (Å²) in [6.45, 7) is 2.22. The molecule has 4 rings (SSSR count). The summed E-state index contributed by atoms with van der Waals surface area (Å²) >= 11 is 0. The molecule has 2 nitrogen and oxygen atoms in total. The van der Waals surface area contributed by atoms with Crippen LogP contribution < -0.4 is 0 Å². The molecule has 0 aromatic heterocycles. The van der Waals surface area contributed by atoms with Crippen LogP contribution in [0.15, 0.2) is 23.3 Å². The number of fused-ring (bicyclic) bond motifs is 5. The number of rotatable bonds is 1. The molecular weight excluding hydrogens is 284 g/mol. The van der Waals surface area contributed by atoms with Crippen molar-refractivity contribution in [1.29, 1.82) is 0 Å². The normalized spacial score (nSPS) is 45.3. The minimum Gasteiger partial charge on any atom is -0.393 e. The maximum atomic E-state index is 11.9. The molecule has 0 spiro atoms. The number of aliphatic hydroxyl groups is 1. The van der Waals surface area contributed by atoms with Crippen molar-refractivity contribution >= 4 is 5.78 Å². The molecule has 0 saturated heterocycles. The van der Waals surface area contributed by atoms with Gasteiger partial charge in [0.2, 0.25) is 0 Å². The summed E-state index contributed by atoms with van der Waals surface area (Å²) in [4.78, 5) is 11.9. The molecule has 4 aliphatic rings. The Kier molecular flexibility index (Phi) is 3.36. The Morgan fingerprint density at radius 3 is 2.96 bits per heavy atom. The maximum Gasteiger partial charge on any atom is 0.137 e. The van der Waals surface area contributed by atoms with Gasteiger partial charge in [0.15, 0.2) is 0 Å². The Labute approximate surface area is 139 Å². The summed E-state index contributed by atoms with van der Waals surface area (Å²) < 4.78 is 0. The molecule has 1 N–H and O–H groups in total. The summed E-state index contributed by atoms with van der Waals surface area (Å²) in [6, 6.07) is 0. The molecule has 0 heterocycles. The number of hydrogen-bond acceptors (Lipinski definition) is 2. The lowest BCUT2D eigenvalue weighted by molar-refractivity contribution is -0.120. The molecule has 0 aromatic carbocycles. The Morgan fingerprint density at radius 2 is 2.22 bits per heavy atom. The molecule has 122 valence electrons. The molecule has 2 fully saturated rings. The van der Waals surface area contributed by atoms with E-state index in [2.05, 4.69) is 25.0 Å². The first kappa shape index (κ1) is 15.2. The predicted octanol–water partition coefficient (Wildman–Crippen LogP) is 3.80. The third-order valence-electron chi connectivity index (χ3n) is 7.47. The average molecular weight is 310 g/mol. The third kappa shape index (κ3) is 1.83. The van der Waals surface area contributed by atoms with Crippen LogP contribution in [-0.4, -0.2) is 17.0 Å².